The average molecular weight is 220 g/mol. The number of ether oxygens (including phenoxy) is 1. The fraction of sp³-hybridized carbons (Fsp3) is 0.333. The summed E-state index contributed by atoms with van der Waals surface area (Å²) in [6.07, 6.45) is 2.96. The lowest BCUT2D eigenvalue weighted by atomic mass is 10.2. The van der Waals surface area contributed by atoms with E-state index < -0.39 is 0 Å². The van der Waals surface area contributed by atoms with E-state index in [0.29, 0.717) is 12.4 Å². The van der Waals surface area contributed by atoms with Gasteiger partial charge in [-0.25, -0.2) is 4.98 Å². The van der Waals surface area contributed by atoms with Crippen molar-refractivity contribution >= 4 is 5.91 Å². The summed E-state index contributed by atoms with van der Waals surface area (Å²) >= 11 is 0. The number of carbonyl (C=O) groups is 1. The molecule has 1 N–H and O–H groups in total. The molecule has 0 radical (unpaired) electrons. The predicted octanol–water partition coefficient (Wildman–Crippen LogP) is 1.67. The van der Waals surface area contributed by atoms with Crippen molar-refractivity contribution in [2.24, 2.45) is 0 Å². The molecular formula is C12H16N2O2. The Balaban J connectivity index is 2.70. The number of pyridine rings is 1. The van der Waals surface area contributed by atoms with Crippen LogP contribution in [0.25, 0.3) is 0 Å². The molecule has 4 nitrogen and oxygen atoms in total. The molecule has 1 heterocycles. The molecule has 0 saturated heterocycles. The van der Waals surface area contributed by atoms with E-state index in [9.17, 15) is 4.79 Å². The van der Waals surface area contributed by atoms with Crippen LogP contribution >= 0.6 is 0 Å². The second kappa shape index (κ2) is 5.90. The van der Waals surface area contributed by atoms with Gasteiger partial charge in [0, 0.05) is 18.3 Å². The van der Waals surface area contributed by atoms with Gasteiger partial charge in [-0.15, -0.1) is 0 Å². The molecule has 0 aliphatic heterocycles. The van der Waals surface area contributed by atoms with Crippen molar-refractivity contribution in [2.45, 2.75) is 26.5 Å². The van der Waals surface area contributed by atoms with Gasteiger partial charge in [0.1, 0.15) is 0 Å². The maximum Gasteiger partial charge on any atom is 0.243 e. The lowest BCUT2D eigenvalue weighted by molar-refractivity contribution is -0.116. The van der Waals surface area contributed by atoms with Crippen molar-refractivity contribution in [1.29, 1.82) is 0 Å². The zero-order valence-corrected chi connectivity index (χ0v) is 9.56. The molecule has 0 spiro atoms. The Kier molecular flexibility index (Phi) is 4.51. The Morgan fingerprint density at radius 1 is 1.69 bits per heavy atom. The predicted molar refractivity (Wildman–Crippen MR) is 62.0 cm³/mol. The van der Waals surface area contributed by atoms with Crippen LogP contribution in [0.15, 0.2) is 31.0 Å². The lowest BCUT2D eigenvalue weighted by Gasteiger charge is -2.12. The van der Waals surface area contributed by atoms with Gasteiger partial charge in [-0.2, -0.15) is 0 Å². The van der Waals surface area contributed by atoms with Crippen molar-refractivity contribution in [3.05, 3.63) is 36.5 Å². The molecule has 86 valence electrons. The minimum atomic E-state index is -0.209. The number of nitrogens with one attached hydrogen (secondary N) is 1. The van der Waals surface area contributed by atoms with E-state index in [1.807, 2.05) is 26.0 Å². The molecule has 0 bridgehead atoms. The summed E-state index contributed by atoms with van der Waals surface area (Å²) in [5.41, 5.74) is 0.853. The van der Waals surface area contributed by atoms with Crippen molar-refractivity contribution in [2.75, 3.05) is 0 Å². The van der Waals surface area contributed by atoms with E-state index in [2.05, 4.69) is 16.9 Å². The number of hydrogen-bond acceptors (Lipinski definition) is 3. The monoisotopic (exact) mass is 220 g/mol. The van der Waals surface area contributed by atoms with Gasteiger partial charge in [0.15, 0.2) is 0 Å². The van der Waals surface area contributed by atoms with Crippen LogP contribution in [-0.2, 0) is 11.3 Å². The first-order valence-corrected chi connectivity index (χ1v) is 5.14. The van der Waals surface area contributed by atoms with Crippen molar-refractivity contribution in [1.82, 2.24) is 10.3 Å². The van der Waals surface area contributed by atoms with Crippen LogP contribution in [0, 0.1) is 0 Å². The third-order valence-electron chi connectivity index (χ3n) is 1.84. The van der Waals surface area contributed by atoms with E-state index in [4.69, 9.17) is 4.74 Å². The van der Waals surface area contributed by atoms with Gasteiger partial charge in [-0.05, 0) is 26.0 Å². The standard InChI is InChI=1S/C12H16N2O2/c1-4-11(15)14-8-10-6-5-7-13-12(10)16-9(2)3/h4-7,9H,1,8H2,2-3H3,(H,14,15). The molecule has 0 aliphatic rings. The van der Waals surface area contributed by atoms with Crippen molar-refractivity contribution in [3.8, 4) is 5.88 Å². The molecule has 0 aliphatic carbocycles. The number of aromatic nitrogens is 1. The summed E-state index contributed by atoms with van der Waals surface area (Å²) < 4.78 is 5.52. The Morgan fingerprint density at radius 3 is 3.06 bits per heavy atom. The second-order valence-electron chi connectivity index (χ2n) is 3.56. The normalized spacial score (nSPS) is 9.94. The highest BCUT2D eigenvalue weighted by atomic mass is 16.5. The van der Waals surface area contributed by atoms with E-state index in [1.54, 1.807) is 6.20 Å². The third-order valence-corrected chi connectivity index (χ3v) is 1.84. The van der Waals surface area contributed by atoms with Crippen LogP contribution in [0.5, 0.6) is 5.88 Å². The summed E-state index contributed by atoms with van der Waals surface area (Å²) in [7, 11) is 0. The smallest absolute Gasteiger partial charge is 0.243 e. The molecular weight excluding hydrogens is 204 g/mol. The van der Waals surface area contributed by atoms with Gasteiger partial charge < -0.3 is 10.1 Å². The largest absolute Gasteiger partial charge is 0.475 e. The van der Waals surface area contributed by atoms with Crippen LogP contribution in [0.1, 0.15) is 19.4 Å². The zero-order chi connectivity index (χ0) is 12.0. The number of rotatable bonds is 5. The SMILES string of the molecule is C=CC(=O)NCc1cccnc1OC(C)C. The molecule has 0 atom stereocenters. The Hall–Kier alpha value is -1.84. The first-order valence-electron chi connectivity index (χ1n) is 5.14. The minimum Gasteiger partial charge on any atom is -0.475 e. The summed E-state index contributed by atoms with van der Waals surface area (Å²) in [4.78, 5) is 15.2. The fourth-order valence-corrected chi connectivity index (χ4v) is 1.14. The molecule has 0 fully saturated rings. The van der Waals surface area contributed by atoms with Crippen LogP contribution in [0.4, 0.5) is 0 Å². The van der Waals surface area contributed by atoms with Gasteiger partial charge in [0.05, 0.1) is 6.10 Å². The van der Waals surface area contributed by atoms with E-state index in [-0.39, 0.29) is 12.0 Å². The van der Waals surface area contributed by atoms with Gasteiger partial charge >= 0.3 is 0 Å². The number of amides is 1. The lowest BCUT2D eigenvalue weighted by Crippen LogP contribution is -2.21. The number of carbonyl (C=O) groups excluding carboxylic acids is 1. The highest BCUT2D eigenvalue weighted by Crippen LogP contribution is 2.15. The maximum atomic E-state index is 11.0. The Labute approximate surface area is 95.3 Å². The molecule has 1 amide bonds. The summed E-state index contributed by atoms with van der Waals surface area (Å²) in [6.45, 7) is 7.64. The van der Waals surface area contributed by atoms with Crippen molar-refractivity contribution in [3.63, 3.8) is 0 Å². The van der Waals surface area contributed by atoms with Crippen molar-refractivity contribution < 1.29 is 9.53 Å². The molecule has 0 aromatic carbocycles. The van der Waals surface area contributed by atoms with E-state index >= 15 is 0 Å². The van der Waals surface area contributed by atoms with Crippen LogP contribution < -0.4 is 10.1 Å². The number of hydrogen-bond donors (Lipinski definition) is 1. The highest BCUT2D eigenvalue weighted by molar-refractivity contribution is 5.86. The summed E-state index contributed by atoms with van der Waals surface area (Å²) in [5, 5.41) is 2.69. The van der Waals surface area contributed by atoms with Gasteiger partial charge in [-0.3, -0.25) is 4.79 Å². The van der Waals surface area contributed by atoms with Crippen LogP contribution in [-0.4, -0.2) is 17.0 Å². The Morgan fingerprint density at radius 2 is 2.44 bits per heavy atom. The first kappa shape index (κ1) is 12.2. The van der Waals surface area contributed by atoms with Gasteiger partial charge in [0.2, 0.25) is 11.8 Å². The fourth-order valence-electron chi connectivity index (χ4n) is 1.14. The second-order valence-corrected chi connectivity index (χ2v) is 3.56. The zero-order valence-electron chi connectivity index (χ0n) is 9.56. The van der Waals surface area contributed by atoms with Crippen LogP contribution in [0.2, 0.25) is 0 Å². The van der Waals surface area contributed by atoms with E-state index in [1.165, 1.54) is 6.08 Å². The maximum absolute atomic E-state index is 11.0. The molecule has 16 heavy (non-hydrogen) atoms. The molecule has 4 heteroatoms. The quantitative estimate of drug-likeness (QED) is 0.768. The average Bonchev–Trinajstić information content (AvgIpc) is 2.26. The summed E-state index contributed by atoms with van der Waals surface area (Å²) in [5.74, 6) is 0.348. The minimum absolute atomic E-state index is 0.0590. The summed E-state index contributed by atoms with van der Waals surface area (Å²) in [6, 6.07) is 3.68. The van der Waals surface area contributed by atoms with Gasteiger partial charge in [-0.1, -0.05) is 12.6 Å². The number of nitrogens with zero attached hydrogens (tertiary/aromatic N) is 1. The van der Waals surface area contributed by atoms with Crippen LogP contribution in [0.3, 0.4) is 0 Å². The molecule has 0 unspecified atom stereocenters. The molecule has 1 aromatic rings. The molecule has 1 rings (SSSR count). The molecule has 0 saturated carbocycles. The van der Waals surface area contributed by atoms with Gasteiger partial charge in [0.25, 0.3) is 0 Å². The third kappa shape index (κ3) is 3.73. The highest BCUT2D eigenvalue weighted by Gasteiger charge is 2.06. The topological polar surface area (TPSA) is 51.2 Å². The first-order chi connectivity index (χ1) is 7.63. The molecule has 1 aromatic heterocycles. The Bertz CT molecular complexity index is 375. The van der Waals surface area contributed by atoms with E-state index in [0.717, 1.165) is 5.56 Å².